The lowest BCUT2D eigenvalue weighted by Gasteiger charge is -2.21. The largest absolute Gasteiger partial charge is 0.478 e. The molecule has 1 amide bonds. The highest BCUT2D eigenvalue weighted by molar-refractivity contribution is 7.91. The lowest BCUT2D eigenvalue weighted by atomic mass is 10.1. The van der Waals surface area contributed by atoms with Crippen LogP contribution in [-0.2, 0) is 20.3 Å². The number of hydrogen-bond acceptors (Lipinski definition) is 7. The Morgan fingerprint density at radius 2 is 1.88 bits per heavy atom. The van der Waals surface area contributed by atoms with Crippen LogP contribution in [0.5, 0.6) is 0 Å². The molecule has 0 radical (unpaired) electrons. The third kappa shape index (κ3) is 5.87. The average Bonchev–Trinajstić information content (AvgIpc) is 3.27. The van der Waals surface area contributed by atoms with Crippen molar-refractivity contribution < 1.29 is 32.3 Å². The minimum Gasteiger partial charge on any atom is -0.478 e. The third-order valence-electron chi connectivity index (χ3n) is 5.22. The summed E-state index contributed by atoms with van der Waals surface area (Å²) >= 11 is 0. The fourth-order valence-electron chi connectivity index (χ4n) is 3.62. The number of carbonyl (C=O) groups is 2. The molecule has 2 aromatic rings. The molecule has 32 heavy (non-hydrogen) atoms. The van der Waals surface area contributed by atoms with E-state index in [1.807, 2.05) is 0 Å². The molecule has 2 N–H and O–H groups in total. The van der Waals surface area contributed by atoms with Crippen molar-refractivity contribution in [3.05, 3.63) is 41.3 Å². The van der Waals surface area contributed by atoms with Crippen molar-refractivity contribution >= 4 is 21.9 Å². The third-order valence-corrected chi connectivity index (χ3v) is 7.34. The van der Waals surface area contributed by atoms with Gasteiger partial charge in [-0.15, -0.1) is 0 Å². The zero-order chi connectivity index (χ0) is 23.7. The number of amides is 1. The van der Waals surface area contributed by atoms with Crippen LogP contribution >= 0.6 is 0 Å². The molecule has 1 heterocycles. The number of ether oxygens (including phenoxy) is 1. The molecule has 9 nitrogen and oxygen atoms in total. The molecule has 1 aromatic heterocycles. The van der Waals surface area contributed by atoms with Crippen LogP contribution in [0.25, 0.3) is 11.5 Å². The van der Waals surface area contributed by atoms with Gasteiger partial charge in [0.25, 0.3) is 0 Å². The van der Waals surface area contributed by atoms with E-state index in [1.165, 1.54) is 12.1 Å². The zero-order valence-electron chi connectivity index (χ0n) is 18.5. The maximum absolute atomic E-state index is 13.0. The van der Waals surface area contributed by atoms with Gasteiger partial charge in [-0.3, -0.25) is 0 Å². The van der Waals surface area contributed by atoms with Gasteiger partial charge in [-0.2, -0.15) is 0 Å². The highest BCUT2D eigenvalue weighted by atomic mass is 32.2. The van der Waals surface area contributed by atoms with Gasteiger partial charge in [0, 0.05) is 11.6 Å². The van der Waals surface area contributed by atoms with Crippen molar-refractivity contribution in [3.63, 3.8) is 0 Å². The van der Waals surface area contributed by atoms with Gasteiger partial charge in [0.1, 0.15) is 11.4 Å². The summed E-state index contributed by atoms with van der Waals surface area (Å²) < 4.78 is 36.9. The lowest BCUT2D eigenvalue weighted by Crippen LogP contribution is -2.38. The predicted molar refractivity (Wildman–Crippen MR) is 117 cm³/mol. The van der Waals surface area contributed by atoms with Crippen molar-refractivity contribution in [2.24, 2.45) is 0 Å². The molecule has 1 aliphatic carbocycles. The molecule has 0 spiro atoms. The van der Waals surface area contributed by atoms with Gasteiger partial charge in [-0.05, 0) is 71.2 Å². The number of hydrogen-bond donors (Lipinski definition) is 2. The number of aromatic carboxylic acids is 1. The molecule has 1 aromatic carbocycles. The summed E-state index contributed by atoms with van der Waals surface area (Å²) in [7, 11) is -3.52. The van der Waals surface area contributed by atoms with E-state index >= 15 is 0 Å². The Balaban J connectivity index is 1.65. The minimum atomic E-state index is -3.52. The molecule has 1 saturated carbocycles. The van der Waals surface area contributed by atoms with Crippen LogP contribution in [-0.4, -0.2) is 47.5 Å². The van der Waals surface area contributed by atoms with Crippen LogP contribution in [0, 0.1) is 6.92 Å². The van der Waals surface area contributed by atoms with Gasteiger partial charge in [0.15, 0.2) is 9.84 Å². The normalized spacial score (nSPS) is 19.0. The molecule has 0 aliphatic heterocycles. The van der Waals surface area contributed by atoms with Gasteiger partial charge < -0.3 is 19.6 Å². The molecule has 2 atom stereocenters. The standard InChI is InChI=1S/C22H28N2O7S/c1-13-18(24-19(30-13)14-5-7-15(8-6-14)20(25)26)12-32(28,29)17-10-9-16(11-17)23-21(27)31-22(2,3)4/h5-8,16-17H,9-12H2,1-4H3,(H,23,27)(H,25,26)/t16-,17+/m0/s1. The second-order valence-electron chi connectivity index (χ2n) is 8.99. The Kier molecular flexibility index (Phi) is 6.64. The summed E-state index contributed by atoms with van der Waals surface area (Å²) in [6.45, 7) is 6.95. The van der Waals surface area contributed by atoms with Gasteiger partial charge in [0.05, 0.1) is 22.3 Å². The first-order valence-electron chi connectivity index (χ1n) is 10.3. The van der Waals surface area contributed by atoms with E-state index in [4.69, 9.17) is 14.3 Å². The van der Waals surface area contributed by atoms with E-state index in [2.05, 4.69) is 10.3 Å². The topological polar surface area (TPSA) is 136 Å². The van der Waals surface area contributed by atoms with E-state index in [0.29, 0.717) is 36.3 Å². The molecular weight excluding hydrogens is 436 g/mol. The van der Waals surface area contributed by atoms with E-state index in [-0.39, 0.29) is 23.2 Å². The van der Waals surface area contributed by atoms with Crippen molar-refractivity contribution in [3.8, 4) is 11.5 Å². The minimum absolute atomic E-state index is 0.135. The number of carboxylic acids is 1. The highest BCUT2D eigenvalue weighted by Gasteiger charge is 2.36. The Labute approximate surface area is 187 Å². The Hall–Kier alpha value is -2.88. The summed E-state index contributed by atoms with van der Waals surface area (Å²) in [4.78, 5) is 27.3. The predicted octanol–water partition coefficient (Wildman–Crippen LogP) is 3.71. The molecule has 1 fully saturated rings. The van der Waals surface area contributed by atoms with Crippen LogP contribution in [0.1, 0.15) is 61.8 Å². The molecule has 174 valence electrons. The van der Waals surface area contributed by atoms with Crippen LogP contribution in [0.3, 0.4) is 0 Å². The van der Waals surface area contributed by atoms with Crippen LogP contribution < -0.4 is 5.32 Å². The van der Waals surface area contributed by atoms with E-state index in [1.54, 1.807) is 39.8 Å². The van der Waals surface area contributed by atoms with Crippen LogP contribution in [0.4, 0.5) is 4.79 Å². The van der Waals surface area contributed by atoms with E-state index in [0.717, 1.165) is 0 Å². The van der Waals surface area contributed by atoms with Crippen LogP contribution in [0.15, 0.2) is 28.7 Å². The molecule has 3 rings (SSSR count). The maximum Gasteiger partial charge on any atom is 0.407 e. The SMILES string of the molecule is Cc1oc(-c2ccc(C(=O)O)cc2)nc1CS(=O)(=O)[C@@H]1CC[C@H](NC(=O)OC(C)(C)C)C1. The molecular formula is C22H28N2O7S. The number of aromatic nitrogens is 1. The Bertz CT molecular complexity index is 1100. The van der Waals surface area contributed by atoms with E-state index < -0.39 is 32.8 Å². The number of alkyl carbamates (subject to hydrolysis) is 1. The molecule has 0 saturated heterocycles. The Morgan fingerprint density at radius 1 is 1.22 bits per heavy atom. The first-order chi connectivity index (χ1) is 14.8. The number of oxazole rings is 1. The number of benzene rings is 1. The lowest BCUT2D eigenvalue weighted by molar-refractivity contribution is 0.0505. The smallest absolute Gasteiger partial charge is 0.407 e. The van der Waals surface area contributed by atoms with Crippen LogP contribution in [0.2, 0.25) is 0 Å². The van der Waals surface area contributed by atoms with Gasteiger partial charge in [-0.25, -0.2) is 23.0 Å². The first kappa shape index (κ1) is 23.8. The maximum atomic E-state index is 13.0. The summed E-state index contributed by atoms with van der Waals surface area (Å²) in [5, 5.41) is 11.2. The van der Waals surface area contributed by atoms with Crippen molar-refractivity contribution in [2.75, 3.05) is 0 Å². The monoisotopic (exact) mass is 464 g/mol. The van der Waals surface area contributed by atoms with Crippen molar-refractivity contribution in [1.82, 2.24) is 10.3 Å². The van der Waals surface area contributed by atoms with Gasteiger partial charge >= 0.3 is 12.1 Å². The summed E-state index contributed by atoms with van der Waals surface area (Å²) in [6.07, 6.45) is 0.777. The van der Waals surface area contributed by atoms with Crippen molar-refractivity contribution in [1.29, 1.82) is 0 Å². The molecule has 1 aliphatic rings. The molecule has 0 unspecified atom stereocenters. The van der Waals surface area contributed by atoms with E-state index in [9.17, 15) is 18.0 Å². The first-order valence-corrected chi connectivity index (χ1v) is 12.1. The zero-order valence-corrected chi connectivity index (χ0v) is 19.4. The fraction of sp³-hybridized carbons (Fsp3) is 0.500. The van der Waals surface area contributed by atoms with Crippen molar-refractivity contribution in [2.45, 2.75) is 69.6 Å². The van der Waals surface area contributed by atoms with Gasteiger partial charge in [0.2, 0.25) is 5.89 Å². The van der Waals surface area contributed by atoms with Gasteiger partial charge in [-0.1, -0.05) is 0 Å². The summed E-state index contributed by atoms with van der Waals surface area (Å²) in [6, 6.07) is 5.74. The second-order valence-corrected chi connectivity index (χ2v) is 11.3. The number of rotatable bonds is 6. The number of carboxylic acid groups (broad SMARTS) is 1. The second kappa shape index (κ2) is 8.93. The summed E-state index contributed by atoms with van der Waals surface area (Å²) in [5.41, 5.74) is 0.398. The number of nitrogens with one attached hydrogen (secondary N) is 1. The summed E-state index contributed by atoms with van der Waals surface area (Å²) in [5.74, 6) is -0.671. The molecule has 0 bridgehead atoms. The fourth-order valence-corrected chi connectivity index (χ4v) is 5.53. The number of carbonyl (C=O) groups excluding carboxylic acids is 1. The highest BCUT2D eigenvalue weighted by Crippen LogP contribution is 2.30. The quantitative estimate of drug-likeness (QED) is 0.660. The number of aryl methyl sites for hydroxylation is 1. The Morgan fingerprint density at radius 3 is 2.47 bits per heavy atom. The number of sulfone groups is 1. The average molecular weight is 465 g/mol. The number of nitrogens with zero attached hydrogens (tertiary/aromatic N) is 1. The molecule has 10 heteroatoms.